The highest BCUT2D eigenvalue weighted by Gasteiger charge is 2.36. The summed E-state index contributed by atoms with van der Waals surface area (Å²) in [5, 5.41) is 1.50. The van der Waals surface area contributed by atoms with Crippen molar-refractivity contribution < 1.29 is 0 Å². The van der Waals surface area contributed by atoms with Gasteiger partial charge in [-0.05, 0) is 44.0 Å². The molecule has 2 heterocycles. The van der Waals surface area contributed by atoms with Crippen LogP contribution >= 0.6 is 23.2 Å². The van der Waals surface area contributed by atoms with Crippen molar-refractivity contribution in [3.63, 3.8) is 0 Å². The van der Waals surface area contributed by atoms with Gasteiger partial charge in [-0.15, -0.1) is 0 Å². The third-order valence-corrected chi connectivity index (χ3v) is 5.20. The molecule has 2 fully saturated rings. The van der Waals surface area contributed by atoms with Gasteiger partial charge in [0.1, 0.15) is 0 Å². The summed E-state index contributed by atoms with van der Waals surface area (Å²) < 4.78 is 0. The number of nitrogens with zero attached hydrogens (tertiary/aromatic N) is 2. The van der Waals surface area contributed by atoms with E-state index < -0.39 is 0 Å². The molecule has 19 heavy (non-hydrogen) atoms. The van der Waals surface area contributed by atoms with E-state index in [1.54, 1.807) is 0 Å². The minimum absolute atomic E-state index is 0.614. The first-order chi connectivity index (χ1) is 9.15. The summed E-state index contributed by atoms with van der Waals surface area (Å²) >= 11 is 12.2. The average molecular weight is 299 g/mol. The maximum absolute atomic E-state index is 6.29. The van der Waals surface area contributed by atoms with E-state index in [2.05, 4.69) is 22.8 Å². The molecule has 3 rings (SSSR count). The molecule has 0 saturated carbocycles. The zero-order chi connectivity index (χ0) is 13.4. The molecular weight excluding hydrogens is 279 g/mol. The van der Waals surface area contributed by atoms with Crippen LogP contribution < -0.4 is 0 Å². The second-order valence-corrected chi connectivity index (χ2v) is 6.54. The van der Waals surface area contributed by atoms with E-state index in [1.165, 1.54) is 31.5 Å². The number of halogens is 2. The molecule has 104 valence electrons. The van der Waals surface area contributed by atoms with Crippen LogP contribution in [0.4, 0.5) is 0 Å². The lowest BCUT2D eigenvalue weighted by atomic mass is 10.0. The van der Waals surface area contributed by atoms with Crippen LogP contribution in [0.5, 0.6) is 0 Å². The SMILES string of the molecule is C[C@H]1[C@@H]2CCCN2CCN1Cc1ccc(Cl)cc1Cl. The van der Waals surface area contributed by atoms with Crippen molar-refractivity contribution in [3.05, 3.63) is 33.8 Å². The first-order valence-electron chi connectivity index (χ1n) is 7.07. The lowest BCUT2D eigenvalue weighted by Crippen LogP contribution is -2.55. The fraction of sp³-hybridized carbons (Fsp3) is 0.600. The third kappa shape index (κ3) is 2.78. The molecule has 0 unspecified atom stereocenters. The highest BCUT2D eigenvalue weighted by Crippen LogP contribution is 2.29. The number of rotatable bonds is 2. The van der Waals surface area contributed by atoms with Crippen LogP contribution in [0.1, 0.15) is 25.3 Å². The molecule has 2 nitrogen and oxygen atoms in total. The zero-order valence-electron chi connectivity index (χ0n) is 11.3. The Bertz CT molecular complexity index is 463. The molecule has 0 N–H and O–H groups in total. The van der Waals surface area contributed by atoms with Crippen LogP contribution in [0.3, 0.4) is 0 Å². The molecule has 0 amide bonds. The summed E-state index contributed by atoms with van der Waals surface area (Å²) in [4.78, 5) is 5.20. The predicted octanol–water partition coefficient (Wildman–Crippen LogP) is 3.66. The molecule has 0 radical (unpaired) electrons. The van der Waals surface area contributed by atoms with Crippen molar-refractivity contribution in [3.8, 4) is 0 Å². The van der Waals surface area contributed by atoms with Gasteiger partial charge in [0.15, 0.2) is 0 Å². The predicted molar refractivity (Wildman–Crippen MR) is 80.9 cm³/mol. The van der Waals surface area contributed by atoms with Gasteiger partial charge >= 0.3 is 0 Å². The van der Waals surface area contributed by atoms with Crippen LogP contribution in [-0.2, 0) is 6.54 Å². The van der Waals surface area contributed by atoms with Gasteiger partial charge in [0.05, 0.1) is 0 Å². The highest BCUT2D eigenvalue weighted by atomic mass is 35.5. The normalized spacial score (nSPS) is 28.6. The lowest BCUT2D eigenvalue weighted by molar-refractivity contribution is 0.0470. The number of hydrogen-bond donors (Lipinski definition) is 0. The highest BCUT2D eigenvalue weighted by molar-refractivity contribution is 6.35. The summed E-state index contributed by atoms with van der Waals surface area (Å²) in [6, 6.07) is 7.18. The average Bonchev–Trinajstić information content (AvgIpc) is 2.85. The molecule has 2 aliphatic heterocycles. The molecule has 1 aromatic carbocycles. The molecule has 0 aliphatic carbocycles. The molecule has 2 atom stereocenters. The largest absolute Gasteiger partial charge is 0.298 e. The summed E-state index contributed by atoms with van der Waals surface area (Å²) in [6.07, 6.45) is 2.69. The topological polar surface area (TPSA) is 6.48 Å². The molecule has 4 heteroatoms. The van der Waals surface area contributed by atoms with Gasteiger partial charge in [0.2, 0.25) is 0 Å². The van der Waals surface area contributed by atoms with Crippen molar-refractivity contribution in [2.24, 2.45) is 0 Å². The standard InChI is InChI=1S/C15H20Cl2N2/c1-11-15-3-2-6-18(15)7-8-19(11)10-12-4-5-13(16)9-14(12)17/h4-5,9,11,15H,2-3,6-8,10H2,1H3/t11-,15-/m0/s1. The van der Waals surface area contributed by atoms with E-state index >= 15 is 0 Å². The maximum atomic E-state index is 6.29. The molecule has 0 bridgehead atoms. The van der Waals surface area contributed by atoms with Gasteiger partial charge in [-0.3, -0.25) is 9.80 Å². The Hall–Kier alpha value is -0.280. The van der Waals surface area contributed by atoms with E-state index in [1.807, 2.05) is 12.1 Å². The van der Waals surface area contributed by atoms with E-state index in [0.717, 1.165) is 24.2 Å². The Morgan fingerprint density at radius 2 is 2.05 bits per heavy atom. The van der Waals surface area contributed by atoms with Crippen LogP contribution in [-0.4, -0.2) is 41.5 Å². The zero-order valence-corrected chi connectivity index (χ0v) is 12.8. The fourth-order valence-electron chi connectivity index (χ4n) is 3.47. The van der Waals surface area contributed by atoms with E-state index in [9.17, 15) is 0 Å². The Labute approximate surface area is 125 Å². The van der Waals surface area contributed by atoms with Crippen LogP contribution in [0, 0.1) is 0 Å². The second-order valence-electron chi connectivity index (χ2n) is 5.69. The monoisotopic (exact) mass is 298 g/mol. The van der Waals surface area contributed by atoms with Crippen LogP contribution in [0.25, 0.3) is 0 Å². The van der Waals surface area contributed by atoms with Gasteiger partial charge in [0, 0.05) is 41.8 Å². The lowest BCUT2D eigenvalue weighted by Gasteiger charge is -2.43. The Morgan fingerprint density at radius 3 is 2.84 bits per heavy atom. The van der Waals surface area contributed by atoms with Crippen LogP contribution in [0.2, 0.25) is 10.0 Å². The first kappa shape index (κ1) is 13.7. The molecule has 1 aromatic rings. The minimum atomic E-state index is 0.614. The van der Waals surface area contributed by atoms with Crippen molar-refractivity contribution in [2.45, 2.75) is 38.4 Å². The number of benzene rings is 1. The quantitative estimate of drug-likeness (QED) is 0.822. The first-order valence-corrected chi connectivity index (χ1v) is 7.83. The van der Waals surface area contributed by atoms with E-state index in [4.69, 9.17) is 23.2 Å². The summed E-state index contributed by atoms with van der Waals surface area (Å²) in [5.74, 6) is 0. The maximum Gasteiger partial charge on any atom is 0.0465 e. The fourth-order valence-corrected chi connectivity index (χ4v) is 3.94. The third-order valence-electron chi connectivity index (χ3n) is 4.61. The van der Waals surface area contributed by atoms with Gasteiger partial charge < -0.3 is 0 Å². The Kier molecular flexibility index (Phi) is 4.04. The van der Waals surface area contributed by atoms with Crippen molar-refractivity contribution in [2.75, 3.05) is 19.6 Å². The van der Waals surface area contributed by atoms with E-state index in [0.29, 0.717) is 11.1 Å². The van der Waals surface area contributed by atoms with Crippen LogP contribution in [0.15, 0.2) is 18.2 Å². The molecular formula is C15H20Cl2N2. The molecule has 0 aromatic heterocycles. The van der Waals surface area contributed by atoms with Gasteiger partial charge in [-0.1, -0.05) is 29.3 Å². The number of piperazine rings is 1. The number of hydrogen-bond acceptors (Lipinski definition) is 2. The molecule has 2 aliphatic rings. The van der Waals surface area contributed by atoms with E-state index in [-0.39, 0.29) is 0 Å². The smallest absolute Gasteiger partial charge is 0.0465 e. The van der Waals surface area contributed by atoms with Gasteiger partial charge in [-0.25, -0.2) is 0 Å². The van der Waals surface area contributed by atoms with Crippen molar-refractivity contribution >= 4 is 23.2 Å². The van der Waals surface area contributed by atoms with Crippen molar-refractivity contribution in [1.29, 1.82) is 0 Å². The second kappa shape index (κ2) is 5.61. The Morgan fingerprint density at radius 1 is 1.21 bits per heavy atom. The summed E-state index contributed by atoms with van der Waals surface area (Å²) in [6.45, 7) is 6.90. The summed E-state index contributed by atoms with van der Waals surface area (Å²) in [7, 11) is 0. The summed E-state index contributed by atoms with van der Waals surface area (Å²) in [5.41, 5.74) is 1.18. The minimum Gasteiger partial charge on any atom is -0.298 e. The van der Waals surface area contributed by atoms with Gasteiger partial charge in [-0.2, -0.15) is 0 Å². The molecule has 0 spiro atoms. The number of fused-ring (bicyclic) bond motifs is 1. The van der Waals surface area contributed by atoms with Gasteiger partial charge in [0.25, 0.3) is 0 Å². The van der Waals surface area contributed by atoms with Crippen molar-refractivity contribution in [1.82, 2.24) is 9.80 Å². The molecule has 2 saturated heterocycles. The Balaban J connectivity index is 1.72.